The van der Waals surface area contributed by atoms with E-state index in [2.05, 4.69) is 17.4 Å². The van der Waals surface area contributed by atoms with E-state index in [0.29, 0.717) is 11.1 Å². The van der Waals surface area contributed by atoms with E-state index >= 15 is 0 Å². The highest BCUT2D eigenvalue weighted by atomic mass is 35.5. The van der Waals surface area contributed by atoms with Crippen LogP contribution in [0.15, 0.2) is 66.7 Å². The highest BCUT2D eigenvalue weighted by molar-refractivity contribution is 6.31. The van der Waals surface area contributed by atoms with Gasteiger partial charge in [0.1, 0.15) is 12.7 Å². The monoisotopic (exact) mass is 495 g/mol. The van der Waals surface area contributed by atoms with E-state index in [1.54, 1.807) is 0 Å². The molecule has 3 aromatic carbocycles. The fraction of sp³-hybridized carbons (Fsp3) is 0.259. The molecule has 2 atom stereocenters. The third-order valence-corrected chi connectivity index (χ3v) is 6.54. The normalized spacial score (nSPS) is 14.0. The summed E-state index contributed by atoms with van der Waals surface area (Å²) >= 11 is 6.01. The molecule has 0 aromatic heterocycles. The molecular formula is C27H26ClNO6. The minimum Gasteiger partial charge on any atom is -0.481 e. The van der Waals surface area contributed by atoms with E-state index in [4.69, 9.17) is 21.4 Å². The van der Waals surface area contributed by atoms with Crippen LogP contribution in [-0.4, -0.2) is 46.6 Å². The first-order valence-electron chi connectivity index (χ1n) is 11.3. The van der Waals surface area contributed by atoms with Gasteiger partial charge in [0.25, 0.3) is 0 Å². The lowest BCUT2D eigenvalue weighted by Gasteiger charge is -2.19. The van der Waals surface area contributed by atoms with Crippen molar-refractivity contribution in [1.82, 2.24) is 5.32 Å². The summed E-state index contributed by atoms with van der Waals surface area (Å²) in [6.07, 6.45) is -3.27. The van der Waals surface area contributed by atoms with Gasteiger partial charge in [-0.15, -0.1) is 0 Å². The van der Waals surface area contributed by atoms with Crippen molar-refractivity contribution in [2.24, 2.45) is 0 Å². The second-order valence-corrected chi connectivity index (χ2v) is 8.88. The number of benzene rings is 3. The molecule has 182 valence electrons. The van der Waals surface area contributed by atoms with Crippen LogP contribution in [0.3, 0.4) is 0 Å². The van der Waals surface area contributed by atoms with Gasteiger partial charge in [-0.05, 0) is 45.9 Å². The lowest BCUT2D eigenvalue weighted by molar-refractivity contribution is -0.136. The first kappa shape index (κ1) is 24.7. The lowest BCUT2D eigenvalue weighted by atomic mass is 9.98. The third-order valence-electron chi connectivity index (χ3n) is 6.17. The zero-order valence-corrected chi connectivity index (χ0v) is 19.6. The summed E-state index contributed by atoms with van der Waals surface area (Å²) in [6, 6.07) is 20.6. The molecule has 1 aliphatic rings. The SMILES string of the molecule is O=C(O)Cc1cc(C(O)C(O)CCNC(=O)OCC2c3ccccc3-c3ccccc32)ccc1Cl. The molecule has 8 heteroatoms. The zero-order chi connectivity index (χ0) is 24.9. The molecular weight excluding hydrogens is 470 g/mol. The number of halogens is 1. The summed E-state index contributed by atoms with van der Waals surface area (Å²) in [6.45, 7) is 0.270. The fourth-order valence-corrected chi connectivity index (χ4v) is 4.61. The van der Waals surface area contributed by atoms with E-state index in [-0.39, 0.29) is 36.9 Å². The van der Waals surface area contributed by atoms with Gasteiger partial charge in [0.15, 0.2) is 0 Å². The smallest absolute Gasteiger partial charge is 0.407 e. The Labute approximate surface area is 207 Å². The average Bonchev–Trinajstić information content (AvgIpc) is 3.17. The van der Waals surface area contributed by atoms with Crippen molar-refractivity contribution in [3.05, 3.63) is 94.0 Å². The third kappa shape index (κ3) is 5.65. The molecule has 4 rings (SSSR count). The van der Waals surface area contributed by atoms with Crippen molar-refractivity contribution in [2.45, 2.75) is 31.0 Å². The number of carbonyl (C=O) groups excluding carboxylic acids is 1. The Morgan fingerprint density at radius 2 is 1.60 bits per heavy atom. The van der Waals surface area contributed by atoms with Gasteiger partial charge in [0.2, 0.25) is 0 Å². The van der Waals surface area contributed by atoms with E-state index in [1.165, 1.54) is 18.2 Å². The highest BCUT2D eigenvalue weighted by Crippen LogP contribution is 2.44. The molecule has 2 unspecified atom stereocenters. The van der Waals surface area contributed by atoms with Gasteiger partial charge >= 0.3 is 12.1 Å². The number of aliphatic hydroxyl groups is 2. The summed E-state index contributed by atoms with van der Waals surface area (Å²) < 4.78 is 5.47. The number of carboxylic acid groups (broad SMARTS) is 1. The van der Waals surface area contributed by atoms with Crippen LogP contribution in [0, 0.1) is 0 Å². The largest absolute Gasteiger partial charge is 0.481 e. The number of carbonyl (C=O) groups is 2. The number of ether oxygens (including phenoxy) is 1. The standard InChI is InChI=1S/C27H26ClNO6/c28-23-10-9-16(13-17(23)14-25(31)32)26(33)24(30)11-12-29-27(34)35-15-22-20-7-3-1-5-18(20)19-6-2-4-8-21(19)22/h1-10,13,22,24,26,30,33H,11-12,14-15H2,(H,29,34)(H,31,32). The van der Waals surface area contributed by atoms with Crippen LogP contribution in [-0.2, 0) is 16.0 Å². The number of fused-ring (bicyclic) bond motifs is 3. The van der Waals surface area contributed by atoms with Gasteiger partial charge in [-0.25, -0.2) is 4.79 Å². The van der Waals surface area contributed by atoms with Crippen LogP contribution >= 0.6 is 11.6 Å². The zero-order valence-electron chi connectivity index (χ0n) is 18.9. The number of rotatable bonds is 9. The molecule has 0 fully saturated rings. The number of aliphatic carboxylic acids is 1. The molecule has 0 radical (unpaired) electrons. The topological polar surface area (TPSA) is 116 Å². The molecule has 0 aliphatic heterocycles. The molecule has 3 aromatic rings. The molecule has 4 N–H and O–H groups in total. The van der Waals surface area contributed by atoms with Crippen molar-refractivity contribution in [2.75, 3.05) is 13.2 Å². The number of hydrogen-bond acceptors (Lipinski definition) is 5. The Balaban J connectivity index is 1.28. The average molecular weight is 496 g/mol. The Morgan fingerprint density at radius 3 is 2.23 bits per heavy atom. The molecule has 0 heterocycles. The van der Waals surface area contributed by atoms with Crippen molar-refractivity contribution < 1.29 is 29.6 Å². The number of nitrogens with one attached hydrogen (secondary N) is 1. The maximum Gasteiger partial charge on any atom is 0.407 e. The summed E-state index contributed by atoms with van der Waals surface area (Å²) in [5, 5.41) is 32.7. The van der Waals surface area contributed by atoms with Gasteiger partial charge in [-0.3, -0.25) is 4.79 Å². The van der Waals surface area contributed by atoms with Gasteiger partial charge < -0.3 is 25.4 Å². The summed E-state index contributed by atoms with van der Waals surface area (Å²) in [5.74, 6) is -1.10. The van der Waals surface area contributed by atoms with E-state index in [0.717, 1.165) is 22.3 Å². The van der Waals surface area contributed by atoms with E-state index < -0.39 is 24.3 Å². The molecule has 0 saturated heterocycles. The summed E-state index contributed by atoms with van der Waals surface area (Å²) in [5.41, 5.74) is 5.21. The lowest BCUT2D eigenvalue weighted by Crippen LogP contribution is -2.30. The van der Waals surface area contributed by atoms with Crippen molar-refractivity contribution in [3.63, 3.8) is 0 Å². The first-order valence-corrected chi connectivity index (χ1v) is 11.7. The molecule has 7 nitrogen and oxygen atoms in total. The van der Waals surface area contributed by atoms with Crippen molar-refractivity contribution in [3.8, 4) is 11.1 Å². The number of aliphatic hydroxyl groups excluding tert-OH is 2. The second-order valence-electron chi connectivity index (χ2n) is 8.47. The molecule has 35 heavy (non-hydrogen) atoms. The molecule has 0 bridgehead atoms. The van der Waals surface area contributed by atoms with Gasteiger partial charge in [-0.2, -0.15) is 0 Å². The number of hydrogen-bond donors (Lipinski definition) is 4. The first-order chi connectivity index (χ1) is 16.8. The Morgan fingerprint density at radius 1 is 0.971 bits per heavy atom. The second kappa shape index (κ2) is 10.9. The maximum absolute atomic E-state index is 12.3. The van der Waals surface area contributed by atoms with Crippen LogP contribution in [0.2, 0.25) is 5.02 Å². The Kier molecular flexibility index (Phi) is 7.70. The molecule has 0 spiro atoms. The fourth-order valence-electron chi connectivity index (χ4n) is 4.43. The minimum atomic E-state index is -1.26. The number of carboxylic acids is 1. The molecule has 0 saturated carbocycles. The van der Waals surface area contributed by atoms with Crippen LogP contribution in [0.4, 0.5) is 4.79 Å². The quantitative estimate of drug-likeness (QED) is 0.352. The van der Waals surface area contributed by atoms with Crippen LogP contribution in [0.5, 0.6) is 0 Å². The van der Waals surface area contributed by atoms with Crippen molar-refractivity contribution >= 4 is 23.7 Å². The molecule has 1 aliphatic carbocycles. The predicted molar refractivity (Wildman–Crippen MR) is 131 cm³/mol. The minimum absolute atomic E-state index is 0.0505. The summed E-state index contributed by atoms with van der Waals surface area (Å²) in [4.78, 5) is 23.3. The van der Waals surface area contributed by atoms with Crippen LogP contribution in [0.1, 0.15) is 40.7 Å². The predicted octanol–water partition coefficient (Wildman–Crippen LogP) is 4.29. The summed E-state index contributed by atoms with van der Waals surface area (Å²) in [7, 11) is 0. The van der Waals surface area contributed by atoms with Gasteiger partial charge in [-0.1, -0.05) is 72.3 Å². The number of alkyl carbamates (subject to hydrolysis) is 1. The van der Waals surface area contributed by atoms with Crippen LogP contribution in [0.25, 0.3) is 11.1 Å². The van der Waals surface area contributed by atoms with Crippen LogP contribution < -0.4 is 5.32 Å². The maximum atomic E-state index is 12.3. The highest BCUT2D eigenvalue weighted by Gasteiger charge is 2.29. The number of amides is 1. The molecule has 1 amide bonds. The van der Waals surface area contributed by atoms with Crippen molar-refractivity contribution in [1.29, 1.82) is 0 Å². The Bertz CT molecular complexity index is 1180. The van der Waals surface area contributed by atoms with E-state index in [9.17, 15) is 19.8 Å². The Hall–Kier alpha value is -3.39. The van der Waals surface area contributed by atoms with Gasteiger partial charge in [0, 0.05) is 17.5 Å². The van der Waals surface area contributed by atoms with E-state index in [1.807, 2.05) is 36.4 Å². The van der Waals surface area contributed by atoms with Gasteiger partial charge in [0.05, 0.1) is 12.5 Å².